The molecule has 9 heteroatoms. The number of carbonyl (C=O) groups is 1. The summed E-state index contributed by atoms with van der Waals surface area (Å²) in [4.78, 5) is 29.2. The summed E-state index contributed by atoms with van der Waals surface area (Å²) in [6.45, 7) is -0.505. The van der Waals surface area contributed by atoms with Crippen LogP contribution in [0.5, 0.6) is 0 Å². The largest absolute Gasteiger partial charge is 0.454 e. The van der Waals surface area contributed by atoms with Crippen molar-refractivity contribution in [1.82, 2.24) is 9.55 Å². The SMILES string of the molecule is CS(=O)(=O)Cc1ccc(C(=O)OCc2nc3ccccc3c(=O)n2CC#N)cc1. The second-order valence-electron chi connectivity index (χ2n) is 6.44. The van der Waals surface area contributed by atoms with Crippen molar-refractivity contribution in [2.45, 2.75) is 18.9 Å². The first-order chi connectivity index (χ1) is 13.8. The van der Waals surface area contributed by atoms with Crippen LogP contribution < -0.4 is 5.56 Å². The molecule has 0 aliphatic rings. The highest BCUT2D eigenvalue weighted by molar-refractivity contribution is 7.89. The Morgan fingerprint density at radius 3 is 2.52 bits per heavy atom. The van der Waals surface area contributed by atoms with Gasteiger partial charge in [0.1, 0.15) is 13.2 Å². The lowest BCUT2D eigenvalue weighted by atomic mass is 10.1. The number of ether oxygens (including phenoxy) is 1. The maximum absolute atomic E-state index is 12.6. The van der Waals surface area contributed by atoms with E-state index in [0.29, 0.717) is 16.5 Å². The highest BCUT2D eigenvalue weighted by atomic mass is 32.2. The first kappa shape index (κ1) is 20.2. The molecule has 1 aromatic heterocycles. The monoisotopic (exact) mass is 411 g/mol. The molecule has 0 saturated carbocycles. The number of benzene rings is 2. The summed E-state index contributed by atoms with van der Waals surface area (Å²) in [5.41, 5.74) is 0.858. The van der Waals surface area contributed by atoms with Gasteiger partial charge >= 0.3 is 5.97 Å². The molecule has 0 aliphatic heterocycles. The van der Waals surface area contributed by atoms with Crippen LogP contribution in [0.3, 0.4) is 0 Å². The Balaban J connectivity index is 1.81. The van der Waals surface area contributed by atoms with E-state index < -0.39 is 15.8 Å². The molecule has 0 spiro atoms. The Morgan fingerprint density at radius 2 is 1.86 bits per heavy atom. The van der Waals surface area contributed by atoms with E-state index in [1.165, 1.54) is 28.8 Å². The number of aromatic nitrogens is 2. The second kappa shape index (κ2) is 8.24. The summed E-state index contributed by atoms with van der Waals surface area (Å²) in [5, 5.41) is 9.39. The molecule has 0 N–H and O–H groups in total. The molecule has 29 heavy (non-hydrogen) atoms. The van der Waals surface area contributed by atoms with Crippen molar-refractivity contribution in [2.24, 2.45) is 0 Å². The Hall–Kier alpha value is -3.51. The van der Waals surface area contributed by atoms with Crippen LogP contribution >= 0.6 is 0 Å². The average molecular weight is 411 g/mol. The fourth-order valence-corrected chi connectivity index (χ4v) is 3.61. The van der Waals surface area contributed by atoms with Gasteiger partial charge in [-0.05, 0) is 29.8 Å². The van der Waals surface area contributed by atoms with Crippen molar-refractivity contribution in [3.63, 3.8) is 0 Å². The van der Waals surface area contributed by atoms with E-state index in [1.807, 2.05) is 6.07 Å². The number of carbonyl (C=O) groups excluding carboxylic acids is 1. The van der Waals surface area contributed by atoms with Crippen LogP contribution in [0.1, 0.15) is 21.7 Å². The Kier molecular flexibility index (Phi) is 5.75. The molecule has 0 saturated heterocycles. The van der Waals surface area contributed by atoms with Crippen LogP contribution in [-0.4, -0.2) is 30.2 Å². The molecule has 2 aromatic carbocycles. The molecule has 0 unspecified atom stereocenters. The van der Waals surface area contributed by atoms with Crippen LogP contribution in [0.2, 0.25) is 0 Å². The Labute approximate surface area is 166 Å². The summed E-state index contributed by atoms with van der Waals surface area (Å²) in [5.74, 6) is -0.608. The maximum atomic E-state index is 12.6. The van der Waals surface area contributed by atoms with Gasteiger partial charge in [0, 0.05) is 6.26 Å². The second-order valence-corrected chi connectivity index (χ2v) is 8.58. The average Bonchev–Trinajstić information content (AvgIpc) is 2.68. The summed E-state index contributed by atoms with van der Waals surface area (Å²) < 4.78 is 29.1. The van der Waals surface area contributed by atoms with Gasteiger partial charge in [-0.1, -0.05) is 24.3 Å². The van der Waals surface area contributed by atoms with Crippen molar-refractivity contribution >= 4 is 26.7 Å². The van der Waals surface area contributed by atoms with Gasteiger partial charge in [0.15, 0.2) is 15.7 Å². The Bertz CT molecular complexity index is 1270. The van der Waals surface area contributed by atoms with Gasteiger partial charge in [0.2, 0.25) is 0 Å². The number of fused-ring (bicyclic) bond motifs is 1. The third-order valence-corrected chi connectivity index (χ3v) is 4.98. The van der Waals surface area contributed by atoms with E-state index in [0.717, 1.165) is 6.26 Å². The highest BCUT2D eigenvalue weighted by Crippen LogP contribution is 2.12. The third kappa shape index (κ3) is 4.86. The van der Waals surface area contributed by atoms with Crippen molar-refractivity contribution in [3.8, 4) is 6.07 Å². The molecular formula is C20H17N3O5S. The molecule has 8 nitrogen and oxygen atoms in total. The summed E-state index contributed by atoms with van der Waals surface area (Å²) >= 11 is 0. The molecule has 0 bridgehead atoms. The normalized spacial score (nSPS) is 11.2. The fourth-order valence-electron chi connectivity index (χ4n) is 2.81. The molecular weight excluding hydrogens is 394 g/mol. The zero-order valence-corrected chi connectivity index (χ0v) is 16.3. The fraction of sp³-hybridized carbons (Fsp3) is 0.200. The predicted octanol–water partition coefficient (Wildman–Crippen LogP) is 1.82. The number of nitrogens with zero attached hydrogens (tertiary/aromatic N) is 3. The van der Waals surface area contributed by atoms with Gasteiger partial charge in [0.05, 0.1) is 28.3 Å². The van der Waals surface area contributed by atoms with Gasteiger partial charge in [-0.15, -0.1) is 0 Å². The topological polar surface area (TPSA) is 119 Å². The minimum absolute atomic E-state index is 0.121. The van der Waals surface area contributed by atoms with Gasteiger partial charge in [-0.25, -0.2) is 18.2 Å². The van der Waals surface area contributed by atoms with Crippen LogP contribution in [-0.2, 0) is 33.5 Å². The zero-order chi connectivity index (χ0) is 21.0. The molecule has 0 radical (unpaired) electrons. The first-order valence-corrected chi connectivity index (χ1v) is 10.6. The smallest absolute Gasteiger partial charge is 0.338 e. The molecule has 148 valence electrons. The van der Waals surface area contributed by atoms with Gasteiger partial charge in [-0.3, -0.25) is 9.36 Å². The lowest BCUT2D eigenvalue weighted by Crippen LogP contribution is -2.26. The lowest BCUT2D eigenvalue weighted by molar-refractivity contribution is 0.0457. The number of para-hydroxylation sites is 1. The first-order valence-electron chi connectivity index (χ1n) is 8.57. The van der Waals surface area contributed by atoms with Crippen LogP contribution in [0.15, 0.2) is 53.3 Å². The summed E-state index contributed by atoms with van der Waals surface area (Å²) in [6, 6.07) is 14.6. The van der Waals surface area contributed by atoms with Gasteiger partial charge < -0.3 is 4.74 Å². The summed E-state index contributed by atoms with van der Waals surface area (Å²) in [6.07, 6.45) is 1.13. The number of hydrogen-bond acceptors (Lipinski definition) is 7. The molecule has 1 heterocycles. The molecule has 0 atom stereocenters. The molecule has 0 amide bonds. The van der Waals surface area contributed by atoms with Crippen LogP contribution in [0.4, 0.5) is 0 Å². The highest BCUT2D eigenvalue weighted by Gasteiger charge is 2.14. The lowest BCUT2D eigenvalue weighted by Gasteiger charge is -2.11. The van der Waals surface area contributed by atoms with Crippen molar-refractivity contribution in [3.05, 3.63) is 75.8 Å². The standard InChI is InChI=1S/C20H17N3O5S/c1-29(26,27)13-14-6-8-15(9-7-14)20(25)28-12-18-22-17-5-3-2-4-16(17)19(24)23(18)11-10-21/h2-9H,11-13H2,1H3. The molecule has 3 aromatic rings. The number of hydrogen-bond donors (Lipinski definition) is 0. The number of sulfone groups is 1. The third-order valence-electron chi connectivity index (χ3n) is 4.12. The molecule has 0 aliphatic carbocycles. The van der Waals surface area contributed by atoms with E-state index >= 15 is 0 Å². The summed E-state index contributed by atoms with van der Waals surface area (Å²) in [7, 11) is -3.17. The van der Waals surface area contributed by atoms with E-state index in [1.54, 1.807) is 24.3 Å². The quantitative estimate of drug-likeness (QED) is 0.568. The van der Waals surface area contributed by atoms with Crippen LogP contribution in [0, 0.1) is 11.3 Å². The number of esters is 1. The minimum Gasteiger partial charge on any atom is -0.454 e. The molecule has 0 fully saturated rings. The zero-order valence-electron chi connectivity index (χ0n) is 15.5. The van der Waals surface area contributed by atoms with Crippen molar-refractivity contribution in [2.75, 3.05) is 6.26 Å². The van der Waals surface area contributed by atoms with Crippen molar-refractivity contribution in [1.29, 1.82) is 5.26 Å². The Morgan fingerprint density at radius 1 is 1.17 bits per heavy atom. The maximum Gasteiger partial charge on any atom is 0.338 e. The van der Waals surface area contributed by atoms with Gasteiger partial charge in [0.25, 0.3) is 5.56 Å². The van der Waals surface area contributed by atoms with E-state index in [2.05, 4.69) is 4.98 Å². The minimum atomic E-state index is -3.17. The van der Waals surface area contributed by atoms with Gasteiger partial charge in [-0.2, -0.15) is 5.26 Å². The molecule has 3 rings (SSSR count). The number of rotatable bonds is 6. The van der Waals surface area contributed by atoms with Crippen molar-refractivity contribution < 1.29 is 17.9 Å². The number of nitriles is 1. The van der Waals surface area contributed by atoms with E-state index in [4.69, 9.17) is 10.00 Å². The predicted molar refractivity (Wildman–Crippen MR) is 106 cm³/mol. The van der Waals surface area contributed by atoms with E-state index in [-0.39, 0.29) is 35.9 Å². The van der Waals surface area contributed by atoms with Crippen LogP contribution in [0.25, 0.3) is 10.9 Å². The van der Waals surface area contributed by atoms with E-state index in [9.17, 15) is 18.0 Å².